The lowest BCUT2D eigenvalue weighted by Gasteiger charge is -2.29. The van der Waals surface area contributed by atoms with Gasteiger partial charge >= 0.3 is 0 Å². The lowest BCUT2D eigenvalue weighted by atomic mass is 9.97. The van der Waals surface area contributed by atoms with Gasteiger partial charge in [-0.15, -0.1) is 0 Å². The minimum atomic E-state index is -0.368. The molecule has 2 atom stereocenters. The van der Waals surface area contributed by atoms with Gasteiger partial charge in [0, 0.05) is 12.2 Å². The molecule has 1 aliphatic heterocycles. The minimum Gasteiger partial charge on any atom is -0.507 e. The zero-order chi connectivity index (χ0) is 16.5. The molecule has 4 heteroatoms. The summed E-state index contributed by atoms with van der Waals surface area (Å²) in [4.78, 5) is 11.7. The highest BCUT2D eigenvalue weighted by Gasteiger charge is 2.25. The van der Waals surface area contributed by atoms with Crippen LogP contribution in [-0.4, -0.2) is 29.9 Å². The Labute approximate surface area is 133 Å². The van der Waals surface area contributed by atoms with Crippen LogP contribution >= 0.6 is 0 Å². The van der Waals surface area contributed by atoms with E-state index in [1.807, 2.05) is 6.92 Å². The normalized spacial score (nSPS) is 20.9. The average Bonchev–Trinajstić information content (AvgIpc) is 2.55. The molecule has 1 heterocycles. The summed E-state index contributed by atoms with van der Waals surface area (Å²) in [6.45, 7) is 11.8. The predicted molar refractivity (Wildman–Crippen MR) is 87.7 cm³/mol. The van der Waals surface area contributed by atoms with Gasteiger partial charge in [-0.25, -0.2) is 0 Å². The zero-order valence-electron chi connectivity index (χ0n) is 13.8. The molecule has 1 fully saturated rings. The van der Waals surface area contributed by atoms with Gasteiger partial charge in [0.05, 0.1) is 11.7 Å². The number of aliphatic hydroxyl groups excluding tert-OH is 1. The van der Waals surface area contributed by atoms with Gasteiger partial charge in [-0.1, -0.05) is 33.4 Å². The quantitative estimate of drug-likeness (QED) is 0.393. The van der Waals surface area contributed by atoms with Crippen molar-refractivity contribution in [2.45, 2.75) is 64.8 Å². The summed E-state index contributed by atoms with van der Waals surface area (Å²) in [6.07, 6.45) is 5.95. The summed E-state index contributed by atoms with van der Waals surface area (Å²) >= 11 is 0. The molecule has 4 nitrogen and oxygen atoms in total. The van der Waals surface area contributed by atoms with Gasteiger partial charge in [-0.05, 0) is 38.2 Å². The van der Waals surface area contributed by atoms with E-state index in [2.05, 4.69) is 20.1 Å². The summed E-state index contributed by atoms with van der Waals surface area (Å²) in [5, 5.41) is 10.4. The number of aliphatic hydroxyl groups is 1. The summed E-state index contributed by atoms with van der Waals surface area (Å²) in [7, 11) is 0. The van der Waals surface area contributed by atoms with Gasteiger partial charge < -0.3 is 14.6 Å². The smallest absolute Gasteiger partial charge is 0.188 e. The van der Waals surface area contributed by atoms with Crippen LogP contribution in [0.3, 0.4) is 0 Å². The van der Waals surface area contributed by atoms with E-state index < -0.39 is 0 Å². The maximum absolute atomic E-state index is 11.7. The third-order valence-electron chi connectivity index (χ3n) is 3.85. The Morgan fingerprint density at radius 2 is 2.18 bits per heavy atom. The molecule has 1 N–H and O–H groups in total. The second kappa shape index (κ2) is 9.59. The van der Waals surface area contributed by atoms with E-state index >= 15 is 0 Å². The highest BCUT2D eigenvalue weighted by molar-refractivity contribution is 6.06. The van der Waals surface area contributed by atoms with Crippen LogP contribution in [0.15, 0.2) is 36.1 Å². The molecule has 0 bridgehead atoms. The second-order valence-corrected chi connectivity index (χ2v) is 5.48. The number of ether oxygens (including phenoxy) is 2. The summed E-state index contributed by atoms with van der Waals surface area (Å²) in [5.41, 5.74) is 0.775. The van der Waals surface area contributed by atoms with Crippen LogP contribution < -0.4 is 0 Å². The van der Waals surface area contributed by atoms with Crippen molar-refractivity contribution < 1.29 is 19.4 Å². The van der Waals surface area contributed by atoms with Gasteiger partial charge in [0.15, 0.2) is 12.1 Å². The number of carbonyl (C=O) groups is 1. The van der Waals surface area contributed by atoms with E-state index in [1.54, 1.807) is 0 Å². The Kier molecular flexibility index (Phi) is 8.13. The molecule has 1 saturated heterocycles. The lowest BCUT2D eigenvalue weighted by Crippen LogP contribution is -2.29. The van der Waals surface area contributed by atoms with Crippen LogP contribution in [0.1, 0.15) is 52.4 Å². The van der Waals surface area contributed by atoms with E-state index in [-0.39, 0.29) is 29.5 Å². The van der Waals surface area contributed by atoms with Crippen molar-refractivity contribution in [2.75, 3.05) is 6.61 Å². The molecule has 0 radical (unpaired) electrons. The summed E-state index contributed by atoms with van der Waals surface area (Å²) < 4.78 is 11.7. The Bertz CT molecular complexity index is 430. The van der Waals surface area contributed by atoms with Crippen molar-refractivity contribution in [1.29, 1.82) is 0 Å². The molecule has 1 aliphatic rings. The van der Waals surface area contributed by atoms with Gasteiger partial charge in [0.1, 0.15) is 5.76 Å². The standard InChI is InChI=1S/C18H28O4/c1-5-10-16(22-17-11-8-9-12-21-17)14(6-2)18(20)13(4)15(19)7-3/h7,16-17,20H,3-6,8-12H2,1-2H3/b18-14-/t16-,17-/m0/s1. The Balaban J connectivity index is 2.94. The molecule has 22 heavy (non-hydrogen) atoms. The number of hydrogen-bond acceptors (Lipinski definition) is 4. The Morgan fingerprint density at radius 1 is 1.45 bits per heavy atom. The fourth-order valence-corrected chi connectivity index (χ4v) is 2.57. The number of carbonyl (C=O) groups excluding carboxylic acids is 1. The summed E-state index contributed by atoms with van der Waals surface area (Å²) in [5.74, 6) is -0.436. The van der Waals surface area contributed by atoms with Crippen molar-refractivity contribution in [3.63, 3.8) is 0 Å². The van der Waals surface area contributed by atoms with E-state index in [0.717, 1.165) is 38.2 Å². The van der Waals surface area contributed by atoms with Crippen molar-refractivity contribution in [3.05, 3.63) is 36.1 Å². The van der Waals surface area contributed by atoms with Crippen LogP contribution in [0.25, 0.3) is 0 Å². The van der Waals surface area contributed by atoms with Crippen LogP contribution in [0.5, 0.6) is 0 Å². The topological polar surface area (TPSA) is 55.8 Å². The molecule has 0 amide bonds. The van der Waals surface area contributed by atoms with Gasteiger partial charge in [-0.3, -0.25) is 4.79 Å². The lowest BCUT2D eigenvalue weighted by molar-refractivity contribution is -0.182. The van der Waals surface area contributed by atoms with Crippen molar-refractivity contribution >= 4 is 5.78 Å². The van der Waals surface area contributed by atoms with E-state index in [4.69, 9.17) is 9.47 Å². The number of hydrogen-bond donors (Lipinski definition) is 1. The SMILES string of the molecule is C=CC(=O)C(=C)/C(O)=C(\CC)[C@H](CCC)O[C@H]1CCCCO1. The molecule has 0 spiro atoms. The van der Waals surface area contributed by atoms with Gasteiger partial charge in [0.25, 0.3) is 0 Å². The molecular weight excluding hydrogens is 280 g/mol. The van der Waals surface area contributed by atoms with E-state index in [9.17, 15) is 9.90 Å². The highest BCUT2D eigenvalue weighted by Crippen LogP contribution is 2.26. The first-order valence-electron chi connectivity index (χ1n) is 8.10. The first-order chi connectivity index (χ1) is 10.5. The van der Waals surface area contributed by atoms with E-state index in [0.29, 0.717) is 18.6 Å². The molecule has 1 rings (SSSR count). The molecule has 0 unspecified atom stereocenters. The Morgan fingerprint density at radius 3 is 2.68 bits per heavy atom. The Hall–Kier alpha value is -1.39. The number of rotatable bonds is 9. The van der Waals surface area contributed by atoms with Crippen LogP contribution in [0.2, 0.25) is 0 Å². The molecule has 0 saturated carbocycles. The molecule has 0 aromatic heterocycles. The molecule has 0 aromatic carbocycles. The zero-order valence-corrected chi connectivity index (χ0v) is 13.8. The van der Waals surface area contributed by atoms with Crippen molar-refractivity contribution in [1.82, 2.24) is 0 Å². The minimum absolute atomic E-state index is 0.0679. The highest BCUT2D eigenvalue weighted by atomic mass is 16.7. The van der Waals surface area contributed by atoms with Gasteiger partial charge in [-0.2, -0.15) is 0 Å². The van der Waals surface area contributed by atoms with Crippen molar-refractivity contribution in [3.8, 4) is 0 Å². The first-order valence-corrected chi connectivity index (χ1v) is 8.10. The maximum Gasteiger partial charge on any atom is 0.188 e. The second-order valence-electron chi connectivity index (χ2n) is 5.48. The maximum atomic E-state index is 11.7. The van der Waals surface area contributed by atoms with Crippen LogP contribution in [0, 0.1) is 0 Å². The van der Waals surface area contributed by atoms with Gasteiger partial charge in [0.2, 0.25) is 0 Å². The monoisotopic (exact) mass is 308 g/mol. The largest absolute Gasteiger partial charge is 0.507 e. The molecule has 0 aliphatic carbocycles. The van der Waals surface area contributed by atoms with Crippen LogP contribution in [-0.2, 0) is 14.3 Å². The summed E-state index contributed by atoms with van der Waals surface area (Å²) in [6, 6.07) is 0. The van der Waals surface area contributed by atoms with E-state index in [1.165, 1.54) is 0 Å². The predicted octanol–water partition coefficient (Wildman–Crippen LogP) is 4.23. The average molecular weight is 308 g/mol. The number of allylic oxidation sites excluding steroid dienone is 2. The molecule has 124 valence electrons. The first kappa shape index (κ1) is 18.7. The molecule has 0 aromatic rings. The third kappa shape index (κ3) is 5.11. The fourth-order valence-electron chi connectivity index (χ4n) is 2.57. The third-order valence-corrected chi connectivity index (χ3v) is 3.85. The van der Waals surface area contributed by atoms with Crippen molar-refractivity contribution in [2.24, 2.45) is 0 Å². The number of ketones is 1. The van der Waals surface area contributed by atoms with Crippen LogP contribution in [0.4, 0.5) is 0 Å². The molecular formula is C18H28O4. The fraction of sp³-hybridized carbons (Fsp3) is 0.611.